The highest BCUT2D eigenvalue weighted by molar-refractivity contribution is 7.16. The van der Waals surface area contributed by atoms with Crippen molar-refractivity contribution in [2.45, 2.75) is 0 Å². The highest BCUT2D eigenvalue weighted by Crippen LogP contribution is 2.19. The van der Waals surface area contributed by atoms with Crippen molar-refractivity contribution in [2.24, 2.45) is 0 Å². The molecule has 0 saturated heterocycles. The van der Waals surface area contributed by atoms with Crippen LogP contribution in [0, 0.1) is 0 Å². The minimum atomic E-state index is -0.500. The number of thiazole rings is 1. The van der Waals surface area contributed by atoms with Gasteiger partial charge in [0.2, 0.25) is 0 Å². The minimum absolute atomic E-state index is 0.243. The number of rotatable bonds is 3. The second-order valence-corrected chi connectivity index (χ2v) is 4.79. The van der Waals surface area contributed by atoms with Crippen molar-refractivity contribution in [3.8, 4) is 0 Å². The van der Waals surface area contributed by atoms with E-state index in [9.17, 15) is 9.59 Å². The summed E-state index contributed by atoms with van der Waals surface area (Å²) in [5, 5.41) is 0. The molecule has 2 aromatic rings. The SMILES string of the molecule is CN(C)C(=O)COC(=O)c1ccc2ncsc2c1. The third kappa shape index (κ3) is 2.65. The Morgan fingerprint density at radius 1 is 1.39 bits per heavy atom. The van der Waals surface area contributed by atoms with E-state index in [1.807, 2.05) is 0 Å². The lowest BCUT2D eigenvalue weighted by molar-refractivity contribution is -0.131. The molecule has 1 heterocycles. The van der Waals surface area contributed by atoms with Crippen LogP contribution >= 0.6 is 11.3 Å². The largest absolute Gasteiger partial charge is 0.452 e. The quantitative estimate of drug-likeness (QED) is 0.789. The van der Waals surface area contributed by atoms with Gasteiger partial charge in [-0.15, -0.1) is 11.3 Å². The molecule has 0 aliphatic heterocycles. The molecule has 1 amide bonds. The van der Waals surface area contributed by atoms with Gasteiger partial charge < -0.3 is 9.64 Å². The van der Waals surface area contributed by atoms with Crippen LogP contribution in [0.5, 0.6) is 0 Å². The number of likely N-dealkylation sites (N-methyl/N-ethyl adjacent to an activating group) is 1. The van der Waals surface area contributed by atoms with E-state index in [2.05, 4.69) is 4.98 Å². The molecule has 6 heteroatoms. The fourth-order valence-corrected chi connectivity index (χ4v) is 2.04. The summed E-state index contributed by atoms with van der Waals surface area (Å²) in [4.78, 5) is 28.5. The molecule has 5 nitrogen and oxygen atoms in total. The lowest BCUT2D eigenvalue weighted by Crippen LogP contribution is -2.27. The molecule has 0 aliphatic carbocycles. The Morgan fingerprint density at radius 2 is 2.17 bits per heavy atom. The number of hydrogen-bond acceptors (Lipinski definition) is 5. The van der Waals surface area contributed by atoms with Crippen molar-refractivity contribution in [2.75, 3.05) is 20.7 Å². The van der Waals surface area contributed by atoms with Crippen LogP contribution in [0.25, 0.3) is 10.2 Å². The molecule has 0 aliphatic rings. The lowest BCUT2D eigenvalue weighted by Gasteiger charge is -2.10. The zero-order valence-electron chi connectivity index (χ0n) is 10.0. The van der Waals surface area contributed by atoms with Gasteiger partial charge in [0.15, 0.2) is 6.61 Å². The van der Waals surface area contributed by atoms with Gasteiger partial charge in [-0.2, -0.15) is 0 Å². The van der Waals surface area contributed by atoms with Crippen LogP contribution in [-0.4, -0.2) is 42.5 Å². The molecule has 2 rings (SSSR count). The number of hydrogen-bond donors (Lipinski definition) is 0. The number of fused-ring (bicyclic) bond motifs is 1. The molecule has 94 valence electrons. The van der Waals surface area contributed by atoms with E-state index in [-0.39, 0.29) is 12.5 Å². The standard InChI is InChI=1S/C12H12N2O3S/c1-14(2)11(15)6-17-12(16)8-3-4-9-10(5-8)18-7-13-9/h3-5,7H,6H2,1-2H3. The summed E-state index contributed by atoms with van der Waals surface area (Å²) in [6, 6.07) is 5.12. The van der Waals surface area contributed by atoms with Crippen LogP contribution in [0.2, 0.25) is 0 Å². The first-order valence-corrected chi connectivity index (χ1v) is 6.16. The summed E-state index contributed by atoms with van der Waals surface area (Å²) < 4.78 is 5.85. The van der Waals surface area contributed by atoms with E-state index < -0.39 is 5.97 Å². The molecule has 0 N–H and O–H groups in total. The third-order valence-corrected chi connectivity index (χ3v) is 3.18. The maximum Gasteiger partial charge on any atom is 0.338 e. The zero-order chi connectivity index (χ0) is 13.1. The van der Waals surface area contributed by atoms with Crippen molar-refractivity contribution >= 4 is 33.4 Å². The summed E-state index contributed by atoms with van der Waals surface area (Å²) in [5.41, 5.74) is 2.99. The average molecular weight is 264 g/mol. The monoisotopic (exact) mass is 264 g/mol. The summed E-state index contributed by atoms with van der Waals surface area (Å²) in [7, 11) is 3.22. The van der Waals surface area contributed by atoms with E-state index in [0.29, 0.717) is 5.56 Å². The van der Waals surface area contributed by atoms with Crippen molar-refractivity contribution in [3.63, 3.8) is 0 Å². The van der Waals surface area contributed by atoms with Gasteiger partial charge in [0.05, 0.1) is 21.3 Å². The van der Waals surface area contributed by atoms with Crippen LogP contribution in [0.3, 0.4) is 0 Å². The summed E-state index contributed by atoms with van der Waals surface area (Å²) in [5.74, 6) is -0.747. The number of esters is 1. The van der Waals surface area contributed by atoms with Crippen molar-refractivity contribution in [1.82, 2.24) is 9.88 Å². The Morgan fingerprint density at radius 3 is 2.89 bits per heavy atom. The number of ether oxygens (including phenoxy) is 1. The Labute approximate surface area is 108 Å². The van der Waals surface area contributed by atoms with Crippen molar-refractivity contribution < 1.29 is 14.3 Å². The molecule has 0 radical (unpaired) electrons. The maximum absolute atomic E-state index is 11.7. The summed E-state index contributed by atoms with van der Waals surface area (Å²) in [6.07, 6.45) is 0. The van der Waals surface area contributed by atoms with Gasteiger partial charge in [-0.3, -0.25) is 4.79 Å². The first kappa shape index (κ1) is 12.5. The van der Waals surface area contributed by atoms with Crippen molar-refractivity contribution in [3.05, 3.63) is 29.3 Å². The third-order valence-electron chi connectivity index (χ3n) is 2.39. The second kappa shape index (κ2) is 5.14. The number of benzene rings is 1. The molecule has 0 atom stereocenters. The molecular weight excluding hydrogens is 252 g/mol. The molecule has 1 aromatic carbocycles. The lowest BCUT2D eigenvalue weighted by atomic mass is 10.2. The van der Waals surface area contributed by atoms with E-state index in [1.165, 1.54) is 16.2 Å². The maximum atomic E-state index is 11.7. The fourth-order valence-electron chi connectivity index (χ4n) is 1.32. The van der Waals surface area contributed by atoms with E-state index >= 15 is 0 Å². The predicted molar refractivity (Wildman–Crippen MR) is 68.6 cm³/mol. The second-order valence-electron chi connectivity index (χ2n) is 3.90. The molecule has 0 unspecified atom stereocenters. The van der Waals surface area contributed by atoms with Crippen LogP contribution in [0.1, 0.15) is 10.4 Å². The normalized spacial score (nSPS) is 10.3. The molecule has 0 saturated carbocycles. The van der Waals surface area contributed by atoms with Gasteiger partial charge in [-0.1, -0.05) is 0 Å². The molecule has 18 heavy (non-hydrogen) atoms. The van der Waals surface area contributed by atoms with Gasteiger partial charge >= 0.3 is 5.97 Å². The van der Waals surface area contributed by atoms with Gasteiger partial charge in [0.1, 0.15) is 0 Å². The zero-order valence-corrected chi connectivity index (χ0v) is 10.9. The van der Waals surface area contributed by atoms with E-state index in [4.69, 9.17) is 4.74 Å². The van der Waals surface area contributed by atoms with Gasteiger partial charge in [-0.05, 0) is 18.2 Å². The summed E-state index contributed by atoms with van der Waals surface area (Å²) in [6.45, 7) is -0.243. The Hall–Kier alpha value is -1.95. The average Bonchev–Trinajstić information content (AvgIpc) is 2.82. The van der Waals surface area contributed by atoms with E-state index in [0.717, 1.165) is 10.2 Å². The number of aromatic nitrogens is 1. The first-order chi connectivity index (χ1) is 8.58. The first-order valence-electron chi connectivity index (χ1n) is 5.28. The highest BCUT2D eigenvalue weighted by Gasteiger charge is 2.12. The molecular formula is C12H12N2O3S. The van der Waals surface area contributed by atoms with Crippen LogP contribution in [-0.2, 0) is 9.53 Å². The van der Waals surface area contributed by atoms with Gasteiger partial charge in [0, 0.05) is 14.1 Å². The predicted octanol–water partition coefficient (Wildman–Crippen LogP) is 1.54. The Kier molecular flexibility index (Phi) is 3.57. The number of carbonyl (C=O) groups is 2. The highest BCUT2D eigenvalue weighted by atomic mass is 32.1. The Balaban J connectivity index is 2.06. The minimum Gasteiger partial charge on any atom is -0.452 e. The Bertz CT molecular complexity index is 592. The molecule has 0 bridgehead atoms. The van der Waals surface area contributed by atoms with Gasteiger partial charge in [0.25, 0.3) is 5.91 Å². The molecule has 0 spiro atoms. The smallest absolute Gasteiger partial charge is 0.338 e. The van der Waals surface area contributed by atoms with Crippen LogP contribution in [0.4, 0.5) is 0 Å². The number of nitrogens with zero attached hydrogens (tertiary/aromatic N) is 2. The molecule has 1 aromatic heterocycles. The van der Waals surface area contributed by atoms with Crippen LogP contribution < -0.4 is 0 Å². The van der Waals surface area contributed by atoms with Gasteiger partial charge in [-0.25, -0.2) is 9.78 Å². The van der Waals surface area contributed by atoms with Crippen molar-refractivity contribution in [1.29, 1.82) is 0 Å². The topological polar surface area (TPSA) is 59.5 Å². The van der Waals surface area contributed by atoms with Crippen LogP contribution in [0.15, 0.2) is 23.7 Å². The molecule has 0 fully saturated rings. The number of carbonyl (C=O) groups excluding carboxylic acids is 2. The van der Waals surface area contributed by atoms with E-state index in [1.54, 1.807) is 37.8 Å². The fraction of sp³-hybridized carbons (Fsp3) is 0.250. The number of amides is 1. The summed E-state index contributed by atoms with van der Waals surface area (Å²) >= 11 is 1.45.